The first kappa shape index (κ1) is 14.1. The molecule has 0 bridgehead atoms. The van der Waals surface area contributed by atoms with Crippen LogP contribution >= 0.6 is 11.6 Å². The number of imidazole rings is 1. The number of halogens is 2. The van der Waals surface area contributed by atoms with Gasteiger partial charge in [0.25, 0.3) is 0 Å². The molecule has 0 aliphatic rings. The summed E-state index contributed by atoms with van der Waals surface area (Å²) in [4.78, 5) is 4.48. The van der Waals surface area contributed by atoms with Gasteiger partial charge >= 0.3 is 0 Å². The average molecular weight is 303 g/mol. The standard InChI is InChI=1S/C17H16ClFN2/c1-11-4-3-5-13(8-11)10-21-16-7-6-14(19)9-15(16)20-17(21)12(2)18/h3-9,12H,10H2,1-2H3. The minimum Gasteiger partial charge on any atom is -0.322 e. The zero-order valence-corrected chi connectivity index (χ0v) is 12.7. The smallest absolute Gasteiger partial charge is 0.128 e. The molecule has 0 spiro atoms. The Morgan fingerprint density at radius 1 is 1.24 bits per heavy atom. The Morgan fingerprint density at radius 3 is 2.76 bits per heavy atom. The lowest BCUT2D eigenvalue weighted by Crippen LogP contribution is -2.05. The molecular weight excluding hydrogens is 287 g/mol. The van der Waals surface area contributed by atoms with E-state index >= 15 is 0 Å². The van der Waals surface area contributed by atoms with Crippen LogP contribution in [0.1, 0.15) is 29.3 Å². The first-order valence-electron chi connectivity index (χ1n) is 6.90. The number of hydrogen-bond donors (Lipinski definition) is 0. The van der Waals surface area contributed by atoms with E-state index in [0.29, 0.717) is 12.1 Å². The molecule has 21 heavy (non-hydrogen) atoms. The van der Waals surface area contributed by atoms with Gasteiger partial charge in [0.2, 0.25) is 0 Å². The van der Waals surface area contributed by atoms with Gasteiger partial charge in [-0.05, 0) is 31.5 Å². The molecule has 0 amide bonds. The number of rotatable bonds is 3. The summed E-state index contributed by atoms with van der Waals surface area (Å²) < 4.78 is 15.4. The third-order valence-corrected chi connectivity index (χ3v) is 3.71. The van der Waals surface area contributed by atoms with Gasteiger partial charge in [-0.1, -0.05) is 29.8 Å². The zero-order valence-electron chi connectivity index (χ0n) is 12.0. The van der Waals surface area contributed by atoms with Crippen LogP contribution in [0.3, 0.4) is 0 Å². The third kappa shape index (κ3) is 2.79. The van der Waals surface area contributed by atoms with E-state index in [4.69, 9.17) is 11.6 Å². The van der Waals surface area contributed by atoms with Crippen LogP contribution in [0.2, 0.25) is 0 Å². The zero-order chi connectivity index (χ0) is 15.0. The van der Waals surface area contributed by atoms with Gasteiger partial charge in [-0.15, -0.1) is 11.6 Å². The van der Waals surface area contributed by atoms with Gasteiger partial charge in [-0.3, -0.25) is 0 Å². The highest BCUT2D eigenvalue weighted by Crippen LogP contribution is 2.26. The summed E-state index contributed by atoms with van der Waals surface area (Å²) >= 11 is 6.24. The molecule has 3 aromatic rings. The van der Waals surface area contributed by atoms with E-state index < -0.39 is 0 Å². The summed E-state index contributed by atoms with van der Waals surface area (Å²) in [5.74, 6) is 0.482. The van der Waals surface area contributed by atoms with Crippen molar-refractivity contribution < 1.29 is 4.39 Å². The number of aryl methyl sites for hydroxylation is 1. The summed E-state index contributed by atoms with van der Waals surface area (Å²) in [6.07, 6.45) is 0. The van der Waals surface area contributed by atoms with Gasteiger partial charge in [0.05, 0.1) is 16.4 Å². The lowest BCUT2D eigenvalue weighted by molar-refractivity contribution is 0.629. The Balaban J connectivity index is 2.13. The summed E-state index contributed by atoms with van der Waals surface area (Å²) in [5, 5.41) is -0.231. The van der Waals surface area contributed by atoms with Crippen LogP contribution in [-0.2, 0) is 6.54 Å². The normalized spacial score (nSPS) is 12.8. The second-order valence-corrected chi connectivity index (χ2v) is 5.95. The molecule has 2 nitrogen and oxygen atoms in total. The van der Waals surface area contributed by atoms with Crippen molar-refractivity contribution in [2.45, 2.75) is 25.8 Å². The predicted molar refractivity (Wildman–Crippen MR) is 84.2 cm³/mol. The largest absolute Gasteiger partial charge is 0.322 e. The van der Waals surface area contributed by atoms with E-state index in [-0.39, 0.29) is 11.2 Å². The van der Waals surface area contributed by atoms with E-state index in [1.807, 2.05) is 13.0 Å². The number of fused-ring (bicyclic) bond motifs is 1. The third-order valence-electron chi connectivity index (χ3n) is 3.52. The molecule has 4 heteroatoms. The van der Waals surface area contributed by atoms with Gasteiger partial charge in [-0.2, -0.15) is 0 Å². The Morgan fingerprint density at radius 2 is 2.05 bits per heavy atom. The molecule has 1 unspecified atom stereocenters. The van der Waals surface area contributed by atoms with Crippen molar-refractivity contribution in [1.29, 1.82) is 0 Å². The van der Waals surface area contributed by atoms with Gasteiger partial charge < -0.3 is 4.57 Å². The Kier molecular flexibility index (Phi) is 3.68. The van der Waals surface area contributed by atoms with Crippen LogP contribution in [-0.4, -0.2) is 9.55 Å². The molecular formula is C17H16ClFN2. The fourth-order valence-electron chi connectivity index (χ4n) is 2.58. The maximum Gasteiger partial charge on any atom is 0.128 e. The topological polar surface area (TPSA) is 17.8 Å². The first-order valence-corrected chi connectivity index (χ1v) is 7.33. The number of benzene rings is 2. The Labute approximate surface area is 128 Å². The molecule has 0 fully saturated rings. The molecule has 0 radical (unpaired) electrons. The summed E-state index contributed by atoms with van der Waals surface area (Å²) in [6, 6.07) is 13.0. The minimum atomic E-state index is -0.281. The van der Waals surface area contributed by atoms with Crippen LogP contribution in [0.25, 0.3) is 11.0 Å². The molecule has 3 rings (SSSR count). The summed E-state index contributed by atoms with van der Waals surface area (Å²) in [5.41, 5.74) is 3.94. The Hall–Kier alpha value is -1.87. The van der Waals surface area contributed by atoms with Gasteiger partial charge in [0.1, 0.15) is 11.6 Å². The average Bonchev–Trinajstić information content (AvgIpc) is 2.77. The van der Waals surface area contributed by atoms with E-state index in [2.05, 4.69) is 34.7 Å². The van der Waals surface area contributed by atoms with Gasteiger partial charge in [0.15, 0.2) is 0 Å². The monoisotopic (exact) mass is 302 g/mol. The highest BCUT2D eigenvalue weighted by molar-refractivity contribution is 6.20. The van der Waals surface area contributed by atoms with E-state index in [1.54, 1.807) is 6.07 Å². The van der Waals surface area contributed by atoms with Crippen LogP contribution in [0.5, 0.6) is 0 Å². The van der Waals surface area contributed by atoms with Crippen molar-refractivity contribution >= 4 is 22.6 Å². The van der Waals surface area contributed by atoms with Crippen molar-refractivity contribution in [1.82, 2.24) is 9.55 Å². The minimum absolute atomic E-state index is 0.231. The fourth-order valence-corrected chi connectivity index (χ4v) is 2.75. The number of hydrogen-bond acceptors (Lipinski definition) is 1. The quantitative estimate of drug-likeness (QED) is 0.634. The number of alkyl halides is 1. The van der Waals surface area contributed by atoms with Crippen molar-refractivity contribution in [3.63, 3.8) is 0 Å². The fraction of sp³-hybridized carbons (Fsp3) is 0.235. The van der Waals surface area contributed by atoms with Crippen LogP contribution in [0.15, 0.2) is 42.5 Å². The Bertz CT molecular complexity index is 793. The summed E-state index contributed by atoms with van der Waals surface area (Å²) in [6.45, 7) is 4.62. The molecule has 0 saturated heterocycles. The van der Waals surface area contributed by atoms with Gasteiger partial charge in [0, 0.05) is 12.6 Å². The molecule has 1 aromatic heterocycles. The maximum absolute atomic E-state index is 13.4. The lowest BCUT2D eigenvalue weighted by Gasteiger charge is -2.11. The van der Waals surface area contributed by atoms with Crippen LogP contribution in [0.4, 0.5) is 4.39 Å². The molecule has 108 valence electrons. The molecule has 1 heterocycles. The molecule has 0 aliphatic carbocycles. The molecule has 0 saturated carbocycles. The first-order chi connectivity index (χ1) is 10.0. The number of aromatic nitrogens is 2. The van der Waals surface area contributed by atoms with Crippen molar-refractivity contribution in [3.05, 3.63) is 65.2 Å². The second kappa shape index (κ2) is 5.49. The van der Waals surface area contributed by atoms with Crippen LogP contribution in [0, 0.1) is 12.7 Å². The van der Waals surface area contributed by atoms with Crippen molar-refractivity contribution in [3.8, 4) is 0 Å². The maximum atomic E-state index is 13.4. The molecule has 2 aromatic carbocycles. The second-order valence-electron chi connectivity index (χ2n) is 5.29. The summed E-state index contributed by atoms with van der Waals surface area (Å²) in [7, 11) is 0. The lowest BCUT2D eigenvalue weighted by atomic mass is 10.1. The SMILES string of the molecule is Cc1cccc(Cn2c(C(C)Cl)nc3cc(F)ccc32)c1. The van der Waals surface area contributed by atoms with E-state index in [1.165, 1.54) is 23.3 Å². The molecule has 1 atom stereocenters. The molecule has 0 N–H and O–H groups in total. The van der Waals surface area contributed by atoms with Crippen LogP contribution < -0.4 is 0 Å². The van der Waals surface area contributed by atoms with Crippen molar-refractivity contribution in [2.75, 3.05) is 0 Å². The number of nitrogens with zero attached hydrogens (tertiary/aromatic N) is 2. The van der Waals surface area contributed by atoms with Gasteiger partial charge in [-0.25, -0.2) is 9.37 Å². The molecule has 0 aliphatic heterocycles. The predicted octanol–water partition coefficient (Wildman–Crippen LogP) is 4.83. The highest BCUT2D eigenvalue weighted by atomic mass is 35.5. The van der Waals surface area contributed by atoms with Crippen molar-refractivity contribution in [2.24, 2.45) is 0 Å². The van der Waals surface area contributed by atoms with E-state index in [9.17, 15) is 4.39 Å². The van der Waals surface area contributed by atoms with E-state index in [0.717, 1.165) is 11.3 Å². The highest BCUT2D eigenvalue weighted by Gasteiger charge is 2.15.